The molecule has 1 aromatic rings. The number of guanidine groups is 1. The number of aliphatic imine (C=N–C) groups is 1. The molecule has 6 nitrogen and oxygen atoms in total. The molecule has 0 aromatic heterocycles. The van der Waals surface area contributed by atoms with E-state index in [4.69, 9.17) is 14.2 Å². The summed E-state index contributed by atoms with van der Waals surface area (Å²) in [4.78, 5) is 4.36. The number of benzene rings is 1. The molecule has 8 heteroatoms. The van der Waals surface area contributed by atoms with Crippen molar-refractivity contribution in [3.63, 3.8) is 0 Å². The van der Waals surface area contributed by atoms with Gasteiger partial charge in [0.2, 0.25) is 0 Å². The Kier molecular flexibility index (Phi) is 12.8. The summed E-state index contributed by atoms with van der Waals surface area (Å²) in [5, 5.41) is 6.92. The predicted molar refractivity (Wildman–Crippen MR) is 134 cm³/mol. The monoisotopic (exact) mass is 537 g/mol. The van der Waals surface area contributed by atoms with Gasteiger partial charge in [-0.3, -0.25) is 4.99 Å². The van der Waals surface area contributed by atoms with Gasteiger partial charge in [0.1, 0.15) is 0 Å². The number of methoxy groups -OCH3 is 1. The Morgan fingerprint density at radius 3 is 2.62 bits per heavy atom. The first-order valence-corrected chi connectivity index (χ1v) is 11.3. The average Bonchev–Trinajstić information content (AvgIpc) is 2.74. The highest BCUT2D eigenvalue weighted by atomic mass is 127. The molecule has 0 radical (unpaired) electrons. The number of rotatable bonds is 10. The van der Waals surface area contributed by atoms with Crippen LogP contribution in [-0.2, 0) is 11.2 Å². The van der Waals surface area contributed by atoms with Gasteiger partial charge in [-0.2, -0.15) is 11.8 Å². The lowest BCUT2D eigenvalue weighted by Gasteiger charge is -2.36. The van der Waals surface area contributed by atoms with Crippen LogP contribution in [0, 0.1) is 0 Å². The Bertz CT molecular complexity index is 625. The summed E-state index contributed by atoms with van der Waals surface area (Å²) in [5.41, 5.74) is 1.25. The van der Waals surface area contributed by atoms with Crippen LogP contribution in [0.25, 0.3) is 0 Å². The Morgan fingerprint density at radius 1 is 1.24 bits per heavy atom. The Hall–Kier alpha value is -0.870. The minimum atomic E-state index is 0. The Morgan fingerprint density at radius 2 is 2.00 bits per heavy atom. The van der Waals surface area contributed by atoms with Crippen molar-refractivity contribution in [1.29, 1.82) is 0 Å². The molecule has 0 saturated carbocycles. The van der Waals surface area contributed by atoms with Crippen molar-refractivity contribution in [3.05, 3.63) is 23.8 Å². The van der Waals surface area contributed by atoms with Crippen LogP contribution in [0.1, 0.15) is 31.7 Å². The van der Waals surface area contributed by atoms with Crippen LogP contribution in [0.15, 0.2) is 23.2 Å². The van der Waals surface area contributed by atoms with Crippen LogP contribution in [0.2, 0.25) is 0 Å². The fraction of sp³-hybridized carbons (Fsp3) is 0.667. The van der Waals surface area contributed by atoms with Crippen molar-refractivity contribution < 1.29 is 14.2 Å². The molecule has 0 amide bonds. The number of nitrogens with one attached hydrogen (secondary N) is 2. The molecule has 0 atom stereocenters. The van der Waals surface area contributed by atoms with E-state index in [0.29, 0.717) is 6.61 Å². The SMILES string of the molecule is CCOc1cc(CCCNC(=NC)NCC2(SC)CCOCC2)ccc1OC.I. The molecule has 2 N–H and O–H groups in total. The number of aryl methyl sites for hydroxylation is 1. The van der Waals surface area contributed by atoms with Crippen molar-refractivity contribution in [2.75, 3.05) is 53.3 Å². The van der Waals surface area contributed by atoms with Crippen LogP contribution < -0.4 is 20.1 Å². The summed E-state index contributed by atoms with van der Waals surface area (Å²) in [6.07, 6.45) is 6.34. The molecule has 1 fully saturated rings. The van der Waals surface area contributed by atoms with Gasteiger partial charge < -0.3 is 24.8 Å². The molecule has 166 valence electrons. The third kappa shape index (κ3) is 8.41. The predicted octanol–water partition coefficient (Wildman–Crippen LogP) is 3.72. The molecule has 1 heterocycles. The van der Waals surface area contributed by atoms with E-state index in [1.54, 1.807) is 7.11 Å². The smallest absolute Gasteiger partial charge is 0.191 e. The van der Waals surface area contributed by atoms with E-state index in [-0.39, 0.29) is 28.7 Å². The summed E-state index contributed by atoms with van der Waals surface area (Å²) in [7, 11) is 3.49. The number of hydrogen-bond acceptors (Lipinski definition) is 5. The third-order valence-corrected chi connectivity index (χ3v) is 6.52. The molecule has 1 aliphatic heterocycles. The molecule has 0 unspecified atom stereocenters. The minimum absolute atomic E-state index is 0. The fourth-order valence-corrected chi connectivity index (χ4v) is 4.10. The second kappa shape index (κ2) is 14.2. The lowest BCUT2D eigenvalue weighted by molar-refractivity contribution is 0.0783. The Balaban J connectivity index is 0.00000420. The van der Waals surface area contributed by atoms with Gasteiger partial charge in [0.25, 0.3) is 0 Å². The van der Waals surface area contributed by atoms with Crippen molar-refractivity contribution in [2.45, 2.75) is 37.4 Å². The molecular weight excluding hydrogens is 501 g/mol. The largest absolute Gasteiger partial charge is 0.493 e. The van der Waals surface area contributed by atoms with E-state index in [2.05, 4.69) is 34.0 Å². The maximum absolute atomic E-state index is 5.66. The molecule has 0 aliphatic carbocycles. The summed E-state index contributed by atoms with van der Waals surface area (Å²) < 4.78 is 16.8. The zero-order chi connectivity index (χ0) is 20.2. The van der Waals surface area contributed by atoms with Crippen molar-refractivity contribution in [2.24, 2.45) is 4.99 Å². The standard InChI is InChI=1S/C21H35N3O3S.HI/c1-5-27-19-15-17(8-9-18(19)25-3)7-6-12-23-20(22-2)24-16-21(28-4)10-13-26-14-11-21;/h8-9,15H,5-7,10-14,16H2,1-4H3,(H2,22,23,24);1H. The van der Waals surface area contributed by atoms with Gasteiger partial charge in [-0.1, -0.05) is 6.07 Å². The number of thioether (sulfide) groups is 1. The fourth-order valence-electron chi connectivity index (χ4n) is 3.31. The zero-order valence-electron chi connectivity index (χ0n) is 18.1. The molecular formula is C21H36IN3O3S. The van der Waals surface area contributed by atoms with Crippen molar-refractivity contribution >= 4 is 41.7 Å². The number of halogens is 1. The van der Waals surface area contributed by atoms with E-state index >= 15 is 0 Å². The first kappa shape index (κ1) is 26.2. The maximum Gasteiger partial charge on any atom is 0.191 e. The van der Waals surface area contributed by atoms with Gasteiger partial charge >= 0.3 is 0 Å². The summed E-state index contributed by atoms with van der Waals surface area (Å²) in [6.45, 7) is 6.09. The van der Waals surface area contributed by atoms with Crippen LogP contribution in [0.5, 0.6) is 11.5 Å². The van der Waals surface area contributed by atoms with Gasteiger partial charge in [-0.05, 0) is 56.6 Å². The number of hydrogen-bond donors (Lipinski definition) is 2. The number of nitrogens with zero attached hydrogens (tertiary/aromatic N) is 1. The van der Waals surface area contributed by atoms with Gasteiger partial charge in [0.15, 0.2) is 17.5 Å². The van der Waals surface area contributed by atoms with Gasteiger partial charge in [-0.25, -0.2) is 0 Å². The lowest BCUT2D eigenvalue weighted by Crippen LogP contribution is -2.48. The maximum atomic E-state index is 5.66. The van der Waals surface area contributed by atoms with Crippen molar-refractivity contribution in [1.82, 2.24) is 10.6 Å². The molecule has 0 spiro atoms. The quantitative estimate of drug-likeness (QED) is 0.205. The summed E-state index contributed by atoms with van der Waals surface area (Å²) in [5.74, 6) is 2.46. The van der Waals surface area contributed by atoms with E-state index in [9.17, 15) is 0 Å². The third-order valence-electron chi connectivity index (χ3n) is 5.10. The van der Waals surface area contributed by atoms with Gasteiger partial charge in [0.05, 0.1) is 13.7 Å². The zero-order valence-corrected chi connectivity index (χ0v) is 21.2. The summed E-state index contributed by atoms with van der Waals surface area (Å²) >= 11 is 1.93. The van der Waals surface area contributed by atoms with E-state index in [1.165, 1.54) is 5.56 Å². The van der Waals surface area contributed by atoms with Crippen LogP contribution in [0.4, 0.5) is 0 Å². The normalized spacial score (nSPS) is 15.9. The molecule has 1 aromatic carbocycles. The second-order valence-corrected chi connectivity index (χ2v) is 8.15. The van der Waals surface area contributed by atoms with Crippen molar-refractivity contribution in [3.8, 4) is 11.5 Å². The van der Waals surface area contributed by atoms with E-state index in [0.717, 1.165) is 69.4 Å². The highest BCUT2D eigenvalue weighted by Crippen LogP contribution is 2.33. The molecule has 0 bridgehead atoms. The lowest BCUT2D eigenvalue weighted by atomic mass is 9.99. The first-order chi connectivity index (χ1) is 13.7. The second-order valence-electron chi connectivity index (χ2n) is 6.87. The average molecular weight is 538 g/mol. The van der Waals surface area contributed by atoms with Crippen LogP contribution >= 0.6 is 35.7 Å². The van der Waals surface area contributed by atoms with E-state index in [1.807, 2.05) is 31.8 Å². The first-order valence-electron chi connectivity index (χ1n) is 10.0. The Labute approximate surface area is 197 Å². The number of ether oxygens (including phenoxy) is 3. The summed E-state index contributed by atoms with van der Waals surface area (Å²) in [6, 6.07) is 6.15. The molecule has 29 heavy (non-hydrogen) atoms. The molecule has 1 saturated heterocycles. The van der Waals surface area contributed by atoms with Gasteiger partial charge in [0, 0.05) is 38.1 Å². The highest BCUT2D eigenvalue weighted by molar-refractivity contribution is 14.0. The topological polar surface area (TPSA) is 64.1 Å². The highest BCUT2D eigenvalue weighted by Gasteiger charge is 2.31. The van der Waals surface area contributed by atoms with E-state index < -0.39 is 0 Å². The van der Waals surface area contributed by atoms with Gasteiger partial charge in [-0.15, -0.1) is 24.0 Å². The van der Waals surface area contributed by atoms with Crippen LogP contribution in [0.3, 0.4) is 0 Å². The van der Waals surface area contributed by atoms with Crippen LogP contribution in [-0.4, -0.2) is 64.0 Å². The minimum Gasteiger partial charge on any atom is -0.493 e. The molecule has 1 aliphatic rings. The molecule has 2 rings (SSSR count).